The van der Waals surface area contributed by atoms with Gasteiger partial charge in [0, 0.05) is 36.7 Å². The summed E-state index contributed by atoms with van der Waals surface area (Å²) in [6.45, 7) is 4.00. The average molecular weight is 419 g/mol. The number of fused-ring (bicyclic) bond motifs is 1. The molecule has 1 fully saturated rings. The predicted molar refractivity (Wildman–Crippen MR) is 123 cm³/mol. The van der Waals surface area contributed by atoms with E-state index in [9.17, 15) is 0 Å². The number of ether oxygens (including phenoxy) is 1. The predicted octanol–water partition coefficient (Wildman–Crippen LogP) is 5.64. The van der Waals surface area contributed by atoms with Gasteiger partial charge in [-0.05, 0) is 36.4 Å². The number of para-hydroxylation sites is 1. The molecule has 3 aromatic carbocycles. The summed E-state index contributed by atoms with van der Waals surface area (Å²) in [7, 11) is 0. The van der Waals surface area contributed by atoms with Crippen LogP contribution in [-0.4, -0.2) is 37.2 Å². The molecule has 0 saturated carbocycles. The van der Waals surface area contributed by atoms with Crippen molar-refractivity contribution in [2.45, 2.75) is 18.9 Å². The highest BCUT2D eigenvalue weighted by Crippen LogP contribution is 2.25. The second-order valence-electron chi connectivity index (χ2n) is 6.95. The molecular formula is C23H28Cl2N2O. The van der Waals surface area contributed by atoms with Gasteiger partial charge in [0.2, 0.25) is 0 Å². The van der Waals surface area contributed by atoms with E-state index in [2.05, 4.69) is 52.7 Å². The van der Waals surface area contributed by atoms with Gasteiger partial charge in [0.1, 0.15) is 12.4 Å². The Labute approximate surface area is 179 Å². The van der Waals surface area contributed by atoms with Crippen LogP contribution in [0.1, 0.15) is 12.8 Å². The van der Waals surface area contributed by atoms with Crippen LogP contribution in [0.15, 0.2) is 72.8 Å². The second kappa shape index (κ2) is 11.2. The molecule has 5 heteroatoms. The first-order valence-corrected chi connectivity index (χ1v) is 9.53. The van der Waals surface area contributed by atoms with E-state index in [1.807, 2.05) is 30.3 Å². The molecule has 28 heavy (non-hydrogen) atoms. The van der Waals surface area contributed by atoms with Crippen molar-refractivity contribution < 1.29 is 4.74 Å². The smallest absolute Gasteiger partial charge is 0.119 e. The molecule has 1 N–H and O–H groups in total. The molecule has 3 aromatic rings. The lowest BCUT2D eigenvalue weighted by Crippen LogP contribution is -2.40. The first kappa shape index (κ1) is 22.4. The largest absolute Gasteiger partial charge is 0.492 e. The third-order valence-electron chi connectivity index (χ3n) is 5.16. The Balaban J connectivity index is 0.00000140. The van der Waals surface area contributed by atoms with Crippen molar-refractivity contribution in [3.05, 3.63) is 72.8 Å². The summed E-state index contributed by atoms with van der Waals surface area (Å²) in [6.07, 6.45) is 2.35. The SMILES string of the molecule is Cl.Cl.c1ccc(OCCN2CCC(Nc3cccc4ccccc34)CC2)cc1. The molecule has 1 saturated heterocycles. The Kier molecular flexibility index (Phi) is 8.91. The lowest BCUT2D eigenvalue weighted by Gasteiger charge is -2.33. The summed E-state index contributed by atoms with van der Waals surface area (Å²) < 4.78 is 5.82. The highest BCUT2D eigenvalue weighted by molar-refractivity contribution is 5.93. The summed E-state index contributed by atoms with van der Waals surface area (Å²) in [5.41, 5.74) is 1.26. The zero-order valence-corrected chi connectivity index (χ0v) is 17.6. The van der Waals surface area contributed by atoms with Crippen molar-refractivity contribution in [3.63, 3.8) is 0 Å². The van der Waals surface area contributed by atoms with Crippen LogP contribution in [0.5, 0.6) is 5.75 Å². The number of rotatable bonds is 6. The number of likely N-dealkylation sites (tertiary alicyclic amines) is 1. The third-order valence-corrected chi connectivity index (χ3v) is 5.16. The number of nitrogens with one attached hydrogen (secondary N) is 1. The lowest BCUT2D eigenvalue weighted by molar-refractivity contribution is 0.177. The van der Waals surface area contributed by atoms with E-state index in [1.165, 1.54) is 29.3 Å². The minimum absolute atomic E-state index is 0. The van der Waals surface area contributed by atoms with Gasteiger partial charge in [-0.1, -0.05) is 54.6 Å². The van der Waals surface area contributed by atoms with Crippen molar-refractivity contribution in [1.82, 2.24) is 4.90 Å². The van der Waals surface area contributed by atoms with Gasteiger partial charge in [-0.2, -0.15) is 0 Å². The van der Waals surface area contributed by atoms with E-state index < -0.39 is 0 Å². The molecule has 0 radical (unpaired) electrons. The molecule has 0 bridgehead atoms. The van der Waals surface area contributed by atoms with E-state index in [4.69, 9.17) is 4.74 Å². The highest BCUT2D eigenvalue weighted by Gasteiger charge is 2.19. The third kappa shape index (κ3) is 5.78. The molecule has 0 unspecified atom stereocenters. The molecule has 1 aliphatic heterocycles. The van der Waals surface area contributed by atoms with Crippen LogP contribution in [0.3, 0.4) is 0 Å². The number of nitrogens with zero attached hydrogens (tertiary/aromatic N) is 1. The second-order valence-corrected chi connectivity index (χ2v) is 6.95. The molecule has 0 spiro atoms. The van der Waals surface area contributed by atoms with Crippen molar-refractivity contribution in [2.24, 2.45) is 0 Å². The fraction of sp³-hybridized carbons (Fsp3) is 0.304. The number of halogens is 2. The van der Waals surface area contributed by atoms with Crippen LogP contribution >= 0.6 is 24.8 Å². The topological polar surface area (TPSA) is 24.5 Å². The van der Waals surface area contributed by atoms with Gasteiger partial charge in [-0.25, -0.2) is 0 Å². The van der Waals surface area contributed by atoms with Crippen LogP contribution < -0.4 is 10.1 Å². The fourth-order valence-corrected chi connectivity index (χ4v) is 3.68. The molecule has 1 aliphatic rings. The van der Waals surface area contributed by atoms with Crippen LogP contribution in [0.4, 0.5) is 5.69 Å². The normalized spacial score (nSPS) is 14.7. The number of hydrogen-bond acceptors (Lipinski definition) is 3. The Morgan fingerprint density at radius 2 is 1.50 bits per heavy atom. The van der Waals surface area contributed by atoms with Crippen molar-refractivity contribution >= 4 is 41.3 Å². The Morgan fingerprint density at radius 3 is 2.29 bits per heavy atom. The van der Waals surface area contributed by atoms with Crippen LogP contribution in [0.25, 0.3) is 10.8 Å². The summed E-state index contributed by atoms with van der Waals surface area (Å²) >= 11 is 0. The monoisotopic (exact) mass is 418 g/mol. The van der Waals surface area contributed by atoms with Gasteiger partial charge >= 0.3 is 0 Å². The van der Waals surface area contributed by atoms with Crippen LogP contribution in [0.2, 0.25) is 0 Å². The van der Waals surface area contributed by atoms with E-state index in [-0.39, 0.29) is 24.8 Å². The fourth-order valence-electron chi connectivity index (χ4n) is 3.68. The Bertz CT molecular complexity index is 831. The molecule has 0 aliphatic carbocycles. The van der Waals surface area contributed by atoms with Gasteiger partial charge in [0.15, 0.2) is 0 Å². The number of piperidine rings is 1. The lowest BCUT2D eigenvalue weighted by atomic mass is 10.0. The van der Waals surface area contributed by atoms with Crippen LogP contribution in [-0.2, 0) is 0 Å². The van der Waals surface area contributed by atoms with E-state index in [1.54, 1.807) is 0 Å². The van der Waals surface area contributed by atoms with Crippen molar-refractivity contribution in [1.29, 1.82) is 0 Å². The Morgan fingerprint density at radius 1 is 0.821 bits per heavy atom. The van der Waals surface area contributed by atoms with Gasteiger partial charge in [0.05, 0.1) is 0 Å². The zero-order chi connectivity index (χ0) is 17.6. The zero-order valence-electron chi connectivity index (χ0n) is 15.9. The van der Waals surface area contributed by atoms with Crippen molar-refractivity contribution in [3.8, 4) is 5.75 Å². The maximum atomic E-state index is 5.82. The number of benzene rings is 3. The molecule has 0 amide bonds. The average Bonchev–Trinajstić information content (AvgIpc) is 2.70. The Hall–Kier alpha value is -1.94. The summed E-state index contributed by atoms with van der Waals surface area (Å²) in [4.78, 5) is 2.50. The molecule has 3 nitrogen and oxygen atoms in total. The van der Waals surface area contributed by atoms with Crippen LogP contribution in [0, 0.1) is 0 Å². The maximum Gasteiger partial charge on any atom is 0.119 e. The maximum absolute atomic E-state index is 5.82. The number of hydrogen-bond donors (Lipinski definition) is 1. The van der Waals surface area contributed by atoms with Gasteiger partial charge in [-0.3, -0.25) is 4.90 Å². The quantitative estimate of drug-likeness (QED) is 0.560. The van der Waals surface area contributed by atoms with E-state index in [0.717, 1.165) is 32.0 Å². The molecule has 0 aromatic heterocycles. The molecule has 0 atom stereocenters. The van der Waals surface area contributed by atoms with Gasteiger partial charge in [0.25, 0.3) is 0 Å². The standard InChI is InChI=1S/C23H26N2O.2ClH/c1-2-9-21(10-3-1)26-18-17-25-15-13-20(14-16-25)24-23-12-6-8-19-7-4-5-11-22(19)23;;/h1-12,20,24H,13-18H2;2*1H. The molecule has 1 heterocycles. The highest BCUT2D eigenvalue weighted by atomic mass is 35.5. The summed E-state index contributed by atoms with van der Waals surface area (Å²) in [5, 5.41) is 6.38. The van der Waals surface area contributed by atoms with Gasteiger partial charge in [-0.15, -0.1) is 24.8 Å². The van der Waals surface area contributed by atoms with Crippen molar-refractivity contribution in [2.75, 3.05) is 31.6 Å². The molecular weight excluding hydrogens is 391 g/mol. The van der Waals surface area contributed by atoms with E-state index >= 15 is 0 Å². The molecule has 4 rings (SSSR count). The number of anilines is 1. The summed E-state index contributed by atoms with van der Waals surface area (Å²) in [5.74, 6) is 0.958. The first-order valence-electron chi connectivity index (χ1n) is 9.53. The minimum atomic E-state index is 0. The van der Waals surface area contributed by atoms with E-state index in [0.29, 0.717) is 6.04 Å². The molecule has 150 valence electrons. The first-order chi connectivity index (χ1) is 12.9. The van der Waals surface area contributed by atoms with Gasteiger partial charge < -0.3 is 10.1 Å². The summed E-state index contributed by atoms with van der Waals surface area (Å²) in [6, 6.07) is 25.7. The minimum Gasteiger partial charge on any atom is -0.492 e.